The fourth-order valence-electron chi connectivity index (χ4n) is 1.24. The summed E-state index contributed by atoms with van der Waals surface area (Å²) in [6, 6.07) is 6.84. The zero-order valence-corrected chi connectivity index (χ0v) is 10.4. The second-order valence-electron chi connectivity index (χ2n) is 3.06. The molecule has 1 aliphatic rings. The van der Waals surface area contributed by atoms with Crippen molar-refractivity contribution in [3.05, 3.63) is 47.5 Å². The molecule has 0 spiro atoms. The number of carbonyl (C=O) groups excluding carboxylic acids is 2. The number of hydrogen-bond donors (Lipinski definition) is 2. The molecule has 0 heterocycles. The molecule has 0 aromatic heterocycles. The molecule has 0 saturated heterocycles. The Labute approximate surface area is 99.9 Å². The molecule has 2 rings (SSSR count). The van der Waals surface area contributed by atoms with E-state index in [-0.39, 0.29) is 11.6 Å². The normalized spacial score (nSPS) is 13.8. The second kappa shape index (κ2) is 5.23. The van der Waals surface area contributed by atoms with Crippen molar-refractivity contribution in [1.29, 1.82) is 0 Å². The van der Waals surface area contributed by atoms with E-state index < -0.39 is 16.7 Å². The van der Waals surface area contributed by atoms with Crippen molar-refractivity contribution in [3.63, 3.8) is 0 Å². The number of rotatable bonds is 0. The molecular formula is C10H8MoO6. The molecule has 2 N–H and O–H groups in total. The zero-order valence-electron chi connectivity index (χ0n) is 8.40. The summed E-state index contributed by atoms with van der Waals surface area (Å²) in [5.74, 6) is -0.185. The van der Waals surface area contributed by atoms with Crippen LogP contribution in [0.5, 0.6) is 0 Å². The fourth-order valence-corrected chi connectivity index (χ4v) is 1.24. The van der Waals surface area contributed by atoms with E-state index in [1.54, 1.807) is 24.3 Å². The van der Waals surface area contributed by atoms with E-state index in [0.29, 0.717) is 11.1 Å². The molecule has 0 radical (unpaired) electrons. The standard InChI is InChI=1S/C10H6O2.Mo.2H2O.2O/c11-9-5-6-10(12)8-4-2-1-3-7(8)9;;;;;/h1-6H;;2*1H2;;/q;+2;;;;/p-2. The molecule has 0 atom stereocenters. The van der Waals surface area contributed by atoms with Gasteiger partial charge in [0.25, 0.3) is 0 Å². The van der Waals surface area contributed by atoms with E-state index in [1.165, 1.54) is 12.2 Å². The molecule has 0 amide bonds. The first-order chi connectivity index (χ1) is 7.79. The van der Waals surface area contributed by atoms with Crippen LogP contribution in [0.4, 0.5) is 0 Å². The van der Waals surface area contributed by atoms with Crippen LogP contribution in [0.2, 0.25) is 0 Å². The van der Waals surface area contributed by atoms with Gasteiger partial charge in [0.05, 0.1) is 0 Å². The maximum atomic E-state index is 11.2. The van der Waals surface area contributed by atoms with Crippen molar-refractivity contribution in [2.24, 2.45) is 0 Å². The molecule has 1 aromatic carbocycles. The Balaban J connectivity index is 0.000000249. The Morgan fingerprint density at radius 2 is 1.12 bits per heavy atom. The summed E-state index contributed by atoms with van der Waals surface area (Å²) in [6.45, 7) is 0. The van der Waals surface area contributed by atoms with Gasteiger partial charge >= 0.3 is 31.1 Å². The van der Waals surface area contributed by atoms with Gasteiger partial charge in [-0.05, 0) is 12.2 Å². The predicted octanol–water partition coefficient (Wildman–Crippen LogP) is 0.268. The van der Waals surface area contributed by atoms with E-state index in [0.717, 1.165) is 0 Å². The van der Waals surface area contributed by atoms with Gasteiger partial charge in [-0.3, -0.25) is 9.59 Å². The minimum absolute atomic E-state index is 0.0924. The van der Waals surface area contributed by atoms with E-state index in [4.69, 9.17) is 14.3 Å². The molecule has 1 aliphatic carbocycles. The maximum absolute atomic E-state index is 11.2. The summed E-state index contributed by atoms with van der Waals surface area (Å²) in [5, 5.41) is 0. The van der Waals surface area contributed by atoms with Gasteiger partial charge in [-0.25, -0.2) is 0 Å². The minimum atomic E-state index is -5.52. The summed E-state index contributed by atoms with van der Waals surface area (Å²) >= 11 is -5.52. The van der Waals surface area contributed by atoms with E-state index >= 15 is 0 Å². The Morgan fingerprint density at radius 3 is 1.41 bits per heavy atom. The van der Waals surface area contributed by atoms with Crippen LogP contribution < -0.4 is 0 Å². The molecule has 0 aliphatic heterocycles. The molecular weight excluding hydrogens is 312 g/mol. The van der Waals surface area contributed by atoms with Gasteiger partial charge in [-0.15, -0.1) is 0 Å². The van der Waals surface area contributed by atoms with Gasteiger partial charge < -0.3 is 0 Å². The third-order valence-corrected chi connectivity index (χ3v) is 1.84. The van der Waals surface area contributed by atoms with Crippen molar-refractivity contribution in [2.45, 2.75) is 0 Å². The fraction of sp³-hybridized carbons (Fsp3) is 0. The molecule has 0 bridgehead atoms. The monoisotopic (exact) mass is 322 g/mol. The van der Waals surface area contributed by atoms with E-state index in [1.807, 2.05) is 0 Å². The number of carbonyl (C=O) groups is 2. The third-order valence-electron chi connectivity index (χ3n) is 1.84. The van der Waals surface area contributed by atoms with Crippen LogP contribution in [-0.4, -0.2) is 19.1 Å². The number of hydrogen-bond acceptors (Lipinski definition) is 4. The van der Waals surface area contributed by atoms with E-state index in [2.05, 4.69) is 0 Å². The summed E-state index contributed by atoms with van der Waals surface area (Å²) in [4.78, 5) is 22.4. The van der Waals surface area contributed by atoms with Gasteiger partial charge in [-0.1, -0.05) is 24.3 Å². The summed E-state index contributed by atoms with van der Waals surface area (Å²) < 4.78 is 32.0. The summed E-state index contributed by atoms with van der Waals surface area (Å²) in [5.41, 5.74) is 1.01. The number of ketones is 2. The number of fused-ring (bicyclic) bond motifs is 1. The average molecular weight is 320 g/mol. The summed E-state index contributed by atoms with van der Waals surface area (Å²) in [6.07, 6.45) is 2.62. The first-order valence-corrected chi connectivity index (χ1v) is 7.78. The number of benzene rings is 1. The van der Waals surface area contributed by atoms with Crippen molar-refractivity contribution in [2.75, 3.05) is 0 Å². The first kappa shape index (κ1) is 13.6. The Kier molecular flexibility index (Phi) is 4.17. The van der Waals surface area contributed by atoms with Crippen LogP contribution in [0.25, 0.3) is 0 Å². The molecule has 90 valence electrons. The second-order valence-corrected chi connectivity index (χ2v) is 5.26. The van der Waals surface area contributed by atoms with Crippen LogP contribution in [0, 0.1) is 0 Å². The Morgan fingerprint density at radius 1 is 0.824 bits per heavy atom. The molecule has 7 heteroatoms. The van der Waals surface area contributed by atoms with Crippen molar-refractivity contribution in [1.82, 2.24) is 0 Å². The van der Waals surface area contributed by atoms with Crippen LogP contribution >= 0.6 is 0 Å². The van der Waals surface area contributed by atoms with Crippen LogP contribution in [0.1, 0.15) is 20.7 Å². The molecule has 1 aromatic rings. The van der Waals surface area contributed by atoms with Gasteiger partial charge in [0.15, 0.2) is 11.6 Å². The van der Waals surface area contributed by atoms with Gasteiger partial charge in [0.1, 0.15) is 0 Å². The molecule has 0 unspecified atom stereocenters. The Hall–Kier alpha value is -1.49. The molecule has 0 saturated carbocycles. The first-order valence-electron chi connectivity index (χ1n) is 4.34. The van der Waals surface area contributed by atoms with Crippen LogP contribution in [0.3, 0.4) is 0 Å². The van der Waals surface area contributed by atoms with Crippen molar-refractivity contribution >= 4 is 11.6 Å². The third kappa shape index (κ3) is 4.48. The SMILES string of the molecule is O=C1C=CC(=O)c2ccccc21.[O]=[Mo](=[O])([OH])[OH]. The van der Waals surface area contributed by atoms with Gasteiger partial charge in [0, 0.05) is 11.1 Å². The average Bonchev–Trinajstić information content (AvgIpc) is 2.22. The number of allylic oxidation sites excluding steroid dienone is 2. The van der Waals surface area contributed by atoms with Crippen LogP contribution in [0.15, 0.2) is 36.4 Å². The Bertz CT molecular complexity index is 540. The van der Waals surface area contributed by atoms with E-state index in [9.17, 15) is 9.59 Å². The molecule has 6 nitrogen and oxygen atoms in total. The quantitative estimate of drug-likeness (QED) is 0.664. The van der Waals surface area contributed by atoms with Gasteiger partial charge in [-0.2, -0.15) is 0 Å². The topological polar surface area (TPSA) is 109 Å². The van der Waals surface area contributed by atoms with Crippen molar-refractivity contribution in [3.8, 4) is 0 Å². The van der Waals surface area contributed by atoms with Crippen molar-refractivity contribution < 1.29 is 40.7 Å². The van der Waals surface area contributed by atoms with Crippen LogP contribution in [-0.2, 0) is 23.5 Å². The summed E-state index contributed by atoms with van der Waals surface area (Å²) in [7, 11) is 0. The molecule has 17 heavy (non-hydrogen) atoms. The zero-order chi connectivity index (χ0) is 13.1. The predicted molar refractivity (Wildman–Crippen MR) is 50.1 cm³/mol. The van der Waals surface area contributed by atoms with Gasteiger partial charge in [0.2, 0.25) is 0 Å². The molecule has 0 fully saturated rings.